The van der Waals surface area contributed by atoms with Crippen molar-refractivity contribution in [3.63, 3.8) is 0 Å². The summed E-state index contributed by atoms with van der Waals surface area (Å²) in [6.07, 6.45) is 3.97. The first kappa shape index (κ1) is 17.5. The molecule has 0 aliphatic heterocycles. The molecule has 1 saturated carbocycles. The van der Waals surface area contributed by atoms with Crippen molar-refractivity contribution in [2.24, 2.45) is 0 Å². The van der Waals surface area contributed by atoms with Gasteiger partial charge in [-0.3, -0.25) is 14.2 Å². The van der Waals surface area contributed by atoms with E-state index in [4.69, 9.17) is 5.11 Å². The van der Waals surface area contributed by atoms with E-state index in [1.54, 1.807) is 6.33 Å². The van der Waals surface area contributed by atoms with E-state index in [2.05, 4.69) is 15.5 Å². The third kappa shape index (κ3) is 4.19. The zero-order chi connectivity index (χ0) is 17.9. The van der Waals surface area contributed by atoms with Crippen molar-refractivity contribution in [3.8, 4) is 5.69 Å². The van der Waals surface area contributed by atoms with Crippen LogP contribution in [0.2, 0.25) is 0 Å². The number of carboxylic acid groups (broad SMARTS) is 1. The van der Waals surface area contributed by atoms with Crippen molar-refractivity contribution in [2.75, 3.05) is 5.75 Å². The van der Waals surface area contributed by atoms with Crippen LogP contribution in [0.5, 0.6) is 0 Å². The minimum Gasteiger partial charge on any atom is -0.481 e. The van der Waals surface area contributed by atoms with E-state index in [9.17, 15) is 9.59 Å². The highest BCUT2D eigenvalue weighted by atomic mass is 32.2. The topological polar surface area (TPSA) is 97.1 Å². The summed E-state index contributed by atoms with van der Waals surface area (Å²) in [5.41, 5.74) is 1.52. The first-order valence-corrected chi connectivity index (χ1v) is 9.09. The number of carbonyl (C=O) groups is 2. The van der Waals surface area contributed by atoms with Gasteiger partial charge in [-0.15, -0.1) is 10.2 Å². The van der Waals surface area contributed by atoms with Crippen LogP contribution in [0, 0.1) is 6.92 Å². The van der Waals surface area contributed by atoms with E-state index in [1.807, 2.05) is 35.8 Å². The number of aryl methyl sites for hydroxylation is 1. The molecule has 0 radical (unpaired) electrons. The Balaban J connectivity index is 1.61. The second-order valence-electron chi connectivity index (χ2n) is 6.36. The average molecular weight is 360 g/mol. The van der Waals surface area contributed by atoms with Gasteiger partial charge < -0.3 is 10.4 Å². The summed E-state index contributed by atoms with van der Waals surface area (Å²) in [6, 6.07) is 7.95. The van der Waals surface area contributed by atoms with E-state index >= 15 is 0 Å². The first-order chi connectivity index (χ1) is 12.0. The van der Waals surface area contributed by atoms with Gasteiger partial charge in [0.25, 0.3) is 0 Å². The summed E-state index contributed by atoms with van der Waals surface area (Å²) in [5.74, 6) is -0.887. The maximum absolute atomic E-state index is 12.2. The van der Waals surface area contributed by atoms with Gasteiger partial charge in [0.2, 0.25) is 5.91 Å². The summed E-state index contributed by atoms with van der Waals surface area (Å²) in [6.45, 7) is 2.02. The Morgan fingerprint density at radius 3 is 2.64 bits per heavy atom. The highest BCUT2D eigenvalue weighted by molar-refractivity contribution is 7.99. The molecule has 7 nitrogen and oxygen atoms in total. The molecule has 0 saturated heterocycles. The van der Waals surface area contributed by atoms with Crippen molar-refractivity contribution in [1.82, 2.24) is 20.1 Å². The van der Waals surface area contributed by atoms with E-state index in [-0.39, 0.29) is 18.1 Å². The van der Waals surface area contributed by atoms with Gasteiger partial charge in [-0.05, 0) is 38.3 Å². The molecule has 1 aliphatic rings. The van der Waals surface area contributed by atoms with Crippen LogP contribution in [-0.4, -0.2) is 43.0 Å². The fourth-order valence-electron chi connectivity index (χ4n) is 2.91. The number of amides is 1. The molecule has 1 aromatic carbocycles. The van der Waals surface area contributed by atoms with Crippen LogP contribution in [0.25, 0.3) is 5.69 Å². The molecule has 2 N–H and O–H groups in total. The van der Waals surface area contributed by atoms with Crippen molar-refractivity contribution < 1.29 is 14.7 Å². The molecule has 132 valence electrons. The molecular formula is C17H20N4O3S. The van der Waals surface area contributed by atoms with Gasteiger partial charge >= 0.3 is 5.97 Å². The Bertz CT molecular complexity index is 768. The molecule has 1 amide bonds. The lowest BCUT2D eigenvalue weighted by atomic mass is 9.74. The fourth-order valence-corrected chi connectivity index (χ4v) is 3.64. The van der Waals surface area contributed by atoms with E-state index in [0.717, 1.165) is 30.5 Å². The number of carbonyl (C=O) groups excluding carboxylic acids is 1. The molecule has 0 unspecified atom stereocenters. The molecule has 0 atom stereocenters. The number of thioether (sulfide) groups is 1. The van der Waals surface area contributed by atoms with Gasteiger partial charge in [-0.25, -0.2) is 0 Å². The van der Waals surface area contributed by atoms with Gasteiger partial charge in [-0.1, -0.05) is 29.5 Å². The molecule has 0 spiro atoms. The summed E-state index contributed by atoms with van der Waals surface area (Å²) in [7, 11) is 0. The molecular weight excluding hydrogens is 340 g/mol. The number of aliphatic carboxylic acids is 1. The molecule has 25 heavy (non-hydrogen) atoms. The summed E-state index contributed by atoms with van der Waals surface area (Å²) < 4.78 is 1.83. The van der Waals surface area contributed by atoms with Gasteiger partial charge in [-0.2, -0.15) is 0 Å². The molecule has 1 aromatic heterocycles. The van der Waals surface area contributed by atoms with Crippen LogP contribution in [0.1, 0.15) is 31.2 Å². The van der Waals surface area contributed by atoms with Gasteiger partial charge in [0.1, 0.15) is 6.33 Å². The van der Waals surface area contributed by atoms with E-state index in [0.29, 0.717) is 5.16 Å². The maximum atomic E-state index is 12.2. The number of benzene rings is 1. The SMILES string of the molecule is Cc1ccc(-n2cnnc2SCC(=O)NC2(CC(=O)O)CCC2)cc1. The number of nitrogens with one attached hydrogen (secondary N) is 1. The molecule has 8 heteroatoms. The van der Waals surface area contributed by atoms with Gasteiger partial charge in [0, 0.05) is 5.69 Å². The fraction of sp³-hybridized carbons (Fsp3) is 0.412. The van der Waals surface area contributed by atoms with Crippen molar-refractivity contribution in [2.45, 2.75) is 43.3 Å². The highest BCUT2D eigenvalue weighted by Crippen LogP contribution is 2.35. The quantitative estimate of drug-likeness (QED) is 0.735. The Morgan fingerprint density at radius 1 is 1.32 bits per heavy atom. The lowest BCUT2D eigenvalue weighted by Crippen LogP contribution is -2.55. The molecule has 1 fully saturated rings. The molecule has 0 bridgehead atoms. The van der Waals surface area contributed by atoms with Crippen molar-refractivity contribution >= 4 is 23.6 Å². The number of hydrogen-bond donors (Lipinski definition) is 2. The van der Waals surface area contributed by atoms with Crippen molar-refractivity contribution in [1.29, 1.82) is 0 Å². The average Bonchev–Trinajstić information content (AvgIpc) is 2.99. The maximum Gasteiger partial charge on any atom is 0.305 e. The summed E-state index contributed by atoms with van der Waals surface area (Å²) in [5, 5.41) is 20.5. The predicted octanol–water partition coefficient (Wildman–Crippen LogP) is 2.18. The van der Waals surface area contributed by atoms with Gasteiger partial charge in [0.05, 0.1) is 17.7 Å². The first-order valence-electron chi connectivity index (χ1n) is 8.10. The zero-order valence-corrected chi connectivity index (χ0v) is 14.8. The lowest BCUT2D eigenvalue weighted by Gasteiger charge is -2.41. The largest absolute Gasteiger partial charge is 0.481 e. The summed E-state index contributed by atoms with van der Waals surface area (Å²) in [4.78, 5) is 23.2. The van der Waals surface area contributed by atoms with Gasteiger partial charge in [0.15, 0.2) is 5.16 Å². The smallest absolute Gasteiger partial charge is 0.305 e. The Hall–Kier alpha value is -2.35. The lowest BCUT2D eigenvalue weighted by molar-refractivity contribution is -0.140. The predicted molar refractivity (Wildman–Crippen MR) is 93.8 cm³/mol. The normalized spacial score (nSPS) is 15.4. The van der Waals surface area contributed by atoms with Crippen LogP contribution >= 0.6 is 11.8 Å². The third-order valence-corrected chi connectivity index (χ3v) is 5.31. The van der Waals surface area contributed by atoms with E-state index < -0.39 is 11.5 Å². The monoisotopic (exact) mass is 360 g/mol. The molecule has 1 aliphatic carbocycles. The Morgan fingerprint density at radius 2 is 2.04 bits per heavy atom. The van der Waals surface area contributed by atoms with Crippen LogP contribution in [0.3, 0.4) is 0 Å². The summed E-state index contributed by atoms with van der Waals surface area (Å²) >= 11 is 1.28. The number of carboxylic acids is 1. The number of nitrogens with zero attached hydrogens (tertiary/aromatic N) is 3. The standard InChI is InChI=1S/C17H20N4O3S/c1-12-3-5-13(6-4-12)21-11-18-20-16(21)25-10-14(22)19-17(7-2-8-17)9-15(23)24/h3-6,11H,2,7-10H2,1H3,(H,19,22)(H,23,24). The Kier molecular flexibility index (Phi) is 5.08. The molecule has 2 aromatic rings. The zero-order valence-electron chi connectivity index (χ0n) is 13.9. The minimum atomic E-state index is -0.883. The second-order valence-corrected chi connectivity index (χ2v) is 7.30. The van der Waals surface area contributed by atoms with E-state index in [1.165, 1.54) is 11.8 Å². The number of hydrogen-bond acceptors (Lipinski definition) is 5. The van der Waals surface area contributed by atoms with Crippen molar-refractivity contribution in [3.05, 3.63) is 36.2 Å². The number of rotatable bonds is 7. The van der Waals surface area contributed by atoms with Crippen LogP contribution in [-0.2, 0) is 9.59 Å². The third-order valence-electron chi connectivity index (χ3n) is 4.37. The Labute approximate surface area is 149 Å². The molecule has 3 rings (SSSR count). The second kappa shape index (κ2) is 7.26. The van der Waals surface area contributed by atoms with Crippen LogP contribution < -0.4 is 5.32 Å². The minimum absolute atomic E-state index is 0.0248. The highest BCUT2D eigenvalue weighted by Gasteiger charge is 2.40. The van der Waals surface area contributed by atoms with Crippen LogP contribution in [0.15, 0.2) is 35.7 Å². The number of aromatic nitrogens is 3. The molecule has 1 heterocycles. The van der Waals surface area contributed by atoms with Crippen LogP contribution in [0.4, 0.5) is 0 Å².